The predicted octanol–water partition coefficient (Wildman–Crippen LogP) is 1.84. The first-order valence-electron chi connectivity index (χ1n) is 2.51. The van der Waals surface area contributed by atoms with Gasteiger partial charge in [0, 0.05) is 0 Å². The summed E-state index contributed by atoms with van der Waals surface area (Å²) >= 11 is -1.04. The zero-order valence-electron chi connectivity index (χ0n) is 4.67. The molecule has 0 aliphatic carbocycles. The van der Waals surface area contributed by atoms with E-state index in [9.17, 15) is 0 Å². The molecule has 46 valence electrons. The molecule has 0 N–H and O–H groups in total. The Morgan fingerprint density at radius 1 is 1.22 bits per heavy atom. The van der Waals surface area contributed by atoms with Crippen molar-refractivity contribution in [3.8, 4) is 5.75 Å². The van der Waals surface area contributed by atoms with Gasteiger partial charge in [-0.25, -0.2) is 0 Å². The summed E-state index contributed by atoms with van der Waals surface area (Å²) in [7, 11) is 5.48. The fourth-order valence-corrected chi connectivity index (χ4v) is 1.77. The van der Waals surface area contributed by atoms with E-state index in [4.69, 9.17) is 12.0 Å². The molecule has 0 amide bonds. The van der Waals surface area contributed by atoms with E-state index in [1.165, 1.54) is 0 Å². The van der Waals surface area contributed by atoms with Crippen molar-refractivity contribution < 1.29 is 3.07 Å². The molecule has 0 unspecified atom stereocenters. The summed E-state index contributed by atoms with van der Waals surface area (Å²) in [6.07, 6.45) is 0. The molecule has 0 aromatic heterocycles. The van der Waals surface area contributed by atoms with Crippen LogP contribution in [0.5, 0.6) is 5.75 Å². The summed E-state index contributed by atoms with van der Waals surface area (Å²) in [4.78, 5) is 0. The van der Waals surface area contributed by atoms with Crippen LogP contribution in [0.2, 0.25) is 0 Å². The maximum atomic E-state index is 5.48. The van der Waals surface area contributed by atoms with Crippen molar-refractivity contribution in [3.05, 3.63) is 30.3 Å². The first kappa shape index (κ1) is 7.22. The molecule has 0 spiro atoms. The number of hydrogen-bond acceptors (Lipinski definition) is 1. The van der Waals surface area contributed by atoms with E-state index in [0.717, 1.165) is 5.75 Å². The number of benzene rings is 1. The van der Waals surface area contributed by atoms with Crippen LogP contribution in [-0.2, 0) is 0 Å². The molecule has 2 radical (unpaired) electrons. The molecular formula is C6H5ClOSn. The topological polar surface area (TPSA) is 9.23 Å². The van der Waals surface area contributed by atoms with Crippen LogP contribution in [0.25, 0.3) is 0 Å². The van der Waals surface area contributed by atoms with Gasteiger partial charge in [0.1, 0.15) is 0 Å². The number of hydrogen-bond donors (Lipinski definition) is 0. The van der Waals surface area contributed by atoms with Crippen LogP contribution in [0.4, 0.5) is 0 Å². The van der Waals surface area contributed by atoms with Crippen LogP contribution in [0.3, 0.4) is 0 Å². The average Bonchev–Trinajstić information content (AvgIpc) is 1.91. The normalized spacial score (nSPS) is 9.00. The van der Waals surface area contributed by atoms with Crippen LogP contribution in [0.15, 0.2) is 30.3 Å². The summed E-state index contributed by atoms with van der Waals surface area (Å²) in [6, 6.07) is 9.63. The second kappa shape index (κ2) is 4.01. The molecule has 1 rings (SSSR count). The van der Waals surface area contributed by atoms with Gasteiger partial charge in [-0.3, -0.25) is 0 Å². The summed E-state index contributed by atoms with van der Waals surface area (Å²) in [5, 5.41) is 0. The quantitative estimate of drug-likeness (QED) is 0.725. The van der Waals surface area contributed by atoms with Gasteiger partial charge < -0.3 is 0 Å². The van der Waals surface area contributed by atoms with E-state index in [2.05, 4.69) is 0 Å². The zero-order valence-corrected chi connectivity index (χ0v) is 8.28. The molecule has 0 fully saturated rings. The van der Waals surface area contributed by atoms with Crippen molar-refractivity contribution in [2.75, 3.05) is 0 Å². The van der Waals surface area contributed by atoms with Crippen molar-refractivity contribution in [2.24, 2.45) is 0 Å². The summed E-state index contributed by atoms with van der Waals surface area (Å²) in [5.74, 6) is 0.888. The Labute approximate surface area is 68.5 Å². The molecular weight excluding hydrogens is 242 g/mol. The molecule has 1 nitrogen and oxygen atoms in total. The Morgan fingerprint density at radius 2 is 1.89 bits per heavy atom. The molecule has 3 heteroatoms. The second-order valence-corrected chi connectivity index (χ2v) is 3.55. The van der Waals surface area contributed by atoms with Gasteiger partial charge in [-0.05, 0) is 0 Å². The molecule has 0 atom stereocenters. The van der Waals surface area contributed by atoms with Crippen molar-refractivity contribution in [1.29, 1.82) is 0 Å². The van der Waals surface area contributed by atoms with Crippen LogP contribution < -0.4 is 3.07 Å². The van der Waals surface area contributed by atoms with Gasteiger partial charge in [0.25, 0.3) is 0 Å². The minimum atomic E-state index is -1.04. The molecule has 9 heavy (non-hydrogen) atoms. The fourth-order valence-electron chi connectivity index (χ4n) is 0.533. The molecule has 0 aliphatic rings. The molecule has 0 bridgehead atoms. The van der Waals surface area contributed by atoms with Gasteiger partial charge in [0.05, 0.1) is 0 Å². The third-order valence-corrected chi connectivity index (χ3v) is 2.31. The van der Waals surface area contributed by atoms with Crippen LogP contribution >= 0.6 is 8.92 Å². The molecule has 0 saturated heterocycles. The Hall–Kier alpha value is 0.109. The minimum absolute atomic E-state index is 0.888. The van der Waals surface area contributed by atoms with Gasteiger partial charge >= 0.3 is 68.5 Å². The summed E-state index contributed by atoms with van der Waals surface area (Å²) < 4.78 is 5.14. The number of para-hydroxylation sites is 1. The van der Waals surface area contributed by atoms with Gasteiger partial charge in [-0.15, -0.1) is 0 Å². The average molecular weight is 247 g/mol. The SMILES string of the molecule is [Cl][Sn][O]c1ccccc1. The van der Waals surface area contributed by atoms with Gasteiger partial charge in [0.15, 0.2) is 0 Å². The second-order valence-electron chi connectivity index (χ2n) is 1.49. The Morgan fingerprint density at radius 3 is 2.44 bits per heavy atom. The van der Waals surface area contributed by atoms with Gasteiger partial charge in [-0.1, -0.05) is 0 Å². The first-order chi connectivity index (χ1) is 4.43. The predicted molar refractivity (Wildman–Crippen MR) is 38.7 cm³/mol. The fraction of sp³-hybridized carbons (Fsp3) is 0. The first-order valence-corrected chi connectivity index (χ1v) is 7.29. The zero-order chi connectivity index (χ0) is 6.53. The molecule has 0 aliphatic heterocycles. The summed E-state index contributed by atoms with van der Waals surface area (Å²) in [6.45, 7) is 0. The van der Waals surface area contributed by atoms with Crippen molar-refractivity contribution in [1.82, 2.24) is 0 Å². The van der Waals surface area contributed by atoms with Crippen LogP contribution in [-0.4, -0.2) is 20.4 Å². The molecule has 1 aromatic rings. The maximum absolute atomic E-state index is 5.48. The molecule has 1 aromatic carbocycles. The van der Waals surface area contributed by atoms with E-state index < -0.39 is 20.4 Å². The Balaban J connectivity index is 2.61. The third-order valence-electron chi connectivity index (χ3n) is 0.900. The monoisotopic (exact) mass is 248 g/mol. The molecule has 0 heterocycles. The van der Waals surface area contributed by atoms with Crippen LogP contribution in [0, 0.1) is 0 Å². The third kappa shape index (κ3) is 2.45. The Bertz CT molecular complexity index is 166. The number of halogens is 1. The van der Waals surface area contributed by atoms with E-state index in [-0.39, 0.29) is 0 Å². The van der Waals surface area contributed by atoms with Gasteiger partial charge in [-0.2, -0.15) is 0 Å². The van der Waals surface area contributed by atoms with E-state index in [1.54, 1.807) is 0 Å². The van der Waals surface area contributed by atoms with Crippen molar-refractivity contribution in [2.45, 2.75) is 0 Å². The standard InChI is InChI=1S/C6H6O.ClH.Sn/c7-6-4-2-1-3-5-6;;/h1-5,7H;1H;/q;;+2/p-2. The van der Waals surface area contributed by atoms with Crippen molar-refractivity contribution in [3.63, 3.8) is 0 Å². The number of rotatable bonds is 2. The van der Waals surface area contributed by atoms with Gasteiger partial charge in [0.2, 0.25) is 0 Å². The molecule has 0 saturated carbocycles. The summed E-state index contributed by atoms with van der Waals surface area (Å²) in [5.41, 5.74) is 0. The van der Waals surface area contributed by atoms with Crippen LogP contribution in [0.1, 0.15) is 0 Å². The van der Waals surface area contributed by atoms with E-state index in [1.807, 2.05) is 30.3 Å². The van der Waals surface area contributed by atoms with E-state index in [0.29, 0.717) is 0 Å². The van der Waals surface area contributed by atoms with Crippen molar-refractivity contribution >= 4 is 29.4 Å². The Kier molecular flexibility index (Phi) is 3.22. The van der Waals surface area contributed by atoms with E-state index >= 15 is 0 Å².